The first-order chi connectivity index (χ1) is 7.75. The quantitative estimate of drug-likeness (QED) is 0.823. The summed E-state index contributed by atoms with van der Waals surface area (Å²) >= 11 is 1.61. The van der Waals surface area contributed by atoms with Crippen molar-refractivity contribution in [3.05, 3.63) is 22.4 Å². The van der Waals surface area contributed by atoms with Crippen LogP contribution >= 0.6 is 11.3 Å². The number of hydrogen-bond acceptors (Lipinski definition) is 4. The first-order valence-electron chi connectivity index (χ1n) is 5.70. The molecule has 4 heteroatoms. The van der Waals surface area contributed by atoms with Crippen molar-refractivity contribution in [2.75, 3.05) is 0 Å². The number of ether oxygens (including phenoxy) is 1. The number of rotatable bonds is 3. The predicted molar refractivity (Wildman–Crippen MR) is 64.0 cm³/mol. The van der Waals surface area contributed by atoms with E-state index in [-0.39, 0.29) is 17.9 Å². The lowest BCUT2D eigenvalue weighted by Crippen LogP contribution is -2.30. The highest BCUT2D eigenvalue weighted by atomic mass is 32.1. The second-order valence-electron chi connectivity index (χ2n) is 4.30. The van der Waals surface area contributed by atoms with E-state index in [1.165, 1.54) is 0 Å². The van der Waals surface area contributed by atoms with Crippen LogP contribution in [-0.2, 0) is 16.1 Å². The van der Waals surface area contributed by atoms with Crippen molar-refractivity contribution in [3.63, 3.8) is 0 Å². The highest BCUT2D eigenvalue weighted by molar-refractivity contribution is 7.09. The van der Waals surface area contributed by atoms with Gasteiger partial charge in [0.15, 0.2) is 0 Å². The maximum absolute atomic E-state index is 11.7. The van der Waals surface area contributed by atoms with Gasteiger partial charge in [-0.1, -0.05) is 6.07 Å². The molecule has 1 aromatic rings. The van der Waals surface area contributed by atoms with E-state index in [2.05, 4.69) is 0 Å². The zero-order valence-electron chi connectivity index (χ0n) is 9.22. The molecule has 0 aliphatic heterocycles. The first-order valence-corrected chi connectivity index (χ1v) is 6.58. The molecule has 16 heavy (non-hydrogen) atoms. The van der Waals surface area contributed by atoms with Gasteiger partial charge in [0, 0.05) is 10.9 Å². The van der Waals surface area contributed by atoms with E-state index in [0.717, 1.165) is 30.6 Å². The summed E-state index contributed by atoms with van der Waals surface area (Å²) in [7, 11) is 0. The fourth-order valence-electron chi connectivity index (χ4n) is 2.01. The van der Waals surface area contributed by atoms with Crippen molar-refractivity contribution in [3.8, 4) is 0 Å². The van der Waals surface area contributed by atoms with Crippen LogP contribution in [0.15, 0.2) is 17.5 Å². The Bertz CT molecular complexity index is 329. The number of hydrogen-bond donors (Lipinski definition) is 1. The average molecular weight is 239 g/mol. The van der Waals surface area contributed by atoms with Gasteiger partial charge < -0.3 is 10.5 Å². The number of nitrogens with two attached hydrogens (primary N) is 1. The Labute approximate surface area is 99.6 Å². The third-order valence-corrected chi connectivity index (χ3v) is 3.89. The van der Waals surface area contributed by atoms with Gasteiger partial charge in [-0.15, -0.1) is 11.3 Å². The summed E-state index contributed by atoms with van der Waals surface area (Å²) in [5.74, 6) is 0.0139. The molecule has 88 valence electrons. The summed E-state index contributed by atoms with van der Waals surface area (Å²) in [5, 5.41) is 1.99. The molecular weight excluding hydrogens is 222 g/mol. The topological polar surface area (TPSA) is 52.3 Å². The number of thiophene rings is 1. The van der Waals surface area contributed by atoms with E-state index in [1.54, 1.807) is 11.3 Å². The van der Waals surface area contributed by atoms with E-state index in [9.17, 15) is 4.79 Å². The zero-order valence-corrected chi connectivity index (χ0v) is 10.0. The molecule has 0 spiro atoms. The average Bonchev–Trinajstić information content (AvgIpc) is 2.80. The predicted octanol–water partition coefficient (Wildman–Crippen LogP) is 2.31. The number of carbonyl (C=O) groups is 1. The van der Waals surface area contributed by atoms with E-state index in [4.69, 9.17) is 10.5 Å². The molecule has 0 bridgehead atoms. The van der Waals surface area contributed by atoms with Gasteiger partial charge in [-0.2, -0.15) is 0 Å². The Morgan fingerprint density at radius 1 is 1.44 bits per heavy atom. The fraction of sp³-hybridized carbons (Fsp3) is 0.583. The third kappa shape index (κ3) is 3.06. The highest BCUT2D eigenvalue weighted by Crippen LogP contribution is 2.24. The van der Waals surface area contributed by atoms with Crippen molar-refractivity contribution in [1.29, 1.82) is 0 Å². The zero-order chi connectivity index (χ0) is 11.4. The number of esters is 1. The largest absolute Gasteiger partial charge is 0.460 e. The molecular formula is C12H17NO2S. The van der Waals surface area contributed by atoms with Crippen LogP contribution in [-0.4, -0.2) is 12.0 Å². The fourth-order valence-corrected chi connectivity index (χ4v) is 2.63. The maximum atomic E-state index is 11.7. The summed E-state index contributed by atoms with van der Waals surface area (Å²) < 4.78 is 5.29. The van der Waals surface area contributed by atoms with Crippen LogP contribution < -0.4 is 5.73 Å². The third-order valence-electron chi connectivity index (χ3n) is 3.04. The lowest BCUT2D eigenvalue weighted by Gasteiger charge is -2.24. The van der Waals surface area contributed by atoms with Crippen molar-refractivity contribution < 1.29 is 9.53 Å². The summed E-state index contributed by atoms with van der Waals surface area (Å²) in [5.41, 5.74) is 5.80. The van der Waals surface area contributed by atoms with Gasteiger partial charge in [0.1, 0.15) is 6.61 Å². The van der Waals surface area contributed by atoms with Crippen molar-refractivity contribution in [2.45, 2.75) is 38.3 Å². The summed E-state index contributed by atoms with van der Waals surface area (Å²) in [4.78, 5) is 12.8. The molecule has 0 amide bonds. The summed E-state index contributed by atoms with van der Waals surface area (Å²) in [6, 6.07) is 4.23. The molecule has 0 radical (unpaired) electrons. The monoisotopic (exact) mass is 239 g/mol. The Kier molecular flexibility index (Phi) is 3.96. The van der Waals surface area contributed by atoms with Crippen LogP contribution in [0.5, 0.6) is 0 Å². The van der Waals surface area contributed by atoms with Gasteiger partial charge in [0.2, 0.25) is 0 Å². The van der Waals surface area contributed by atoms with Crippen LogP contribution in [0.1, 0.15) is 30.6 Å². The van der Waals surface area contributed by atoms with Crippen LogP contribution in [0.4, 0.5) is 0 Å². The Morgan fingerprint density at radius 2 is 2.19 bits per heavy atom. The van der Waals surface area contributed by atoms with Gasteiger partial charge in [0.05, 0.1) is 5.92 Å². The van der Waals surface area contributed by atoms with Crippen LogP contribution in [0, 0.1) is 5.92 Å². The molecule has 1 fully saturated rings. The molecule has 1 aliphatic carbocycles. The molecule has 0 saturated heterocycles. The van der Waals surface area contributed by atoms with Crippen molar-refractivity contribution in [2.24, 2.45) is 11.7 Å². The molecule has 3 nitrogen and oxygen atoms in total. The Hall–Kier alpha value is -0.870. The van der Waals surface area contributed by atoms with Gasteiger partial charge >= 0.3 is 5.97 Å². The minimum absolute atomic E-state index is 0.0553. The summed E-state index contributed by atoms with van der Waals surface area (Å²) in [6.45, 7) is 0.416. The van der Waals surface area contributed by atoms with Gasteiger partial charge in [-0.05, 0) is 37.1 Å². The normalized spacial score (nSPS) is 25.3. The second kappa shape index (κ2) is 5.46. The SMILES string of the molecule is NC1CCC(C(=O)OCc2cccs2)CC1. The second-order valence-corrected chi connectivity index (χ2v) is 5.33. The Balaban J connectivity index is 1.75. The number of carbonyl (C=O) groups excluding carboxylic acids is 1. The standard InChI is InChI=1S/C12H17NO2S/c13-10-5-3-9(4-6-10)12(14)15-8-11-2-1-7-16-11/h1-2,7,9-10H,3-6,8,13H2. The van der Waals surface area contributed by atoms with E-state index < -0.39 is 0 Å². The van der Waals surface area contributed by atoms with Gasteiger partial charge in [0.25, 0.3) is 0 Å². The highest BCUT2D eigenvalue weighted by Gasteiger charge is 2.25. The molecule has 0 unspecified atom stereocenters. The van der Waals surface area contributed by atoms with Crippen molar-refractivity contribution in [1.82, 2.24) is 0 Å². The van der Waals surface area contributed by atoms with Crippen LogP contribution in [0.3, 0.4) is 0 Å². The molecule has 0 aromatic carbocycles. The molecule has 1 saturated carbocycles. The molecule has 1 heterocycles. The Morgan fingerprint density at radius 3 is 2.81 bits per heavy atom. The van der Waals surface area contributed by atoms with Crippen LogP contribution in [0.2, 0.25) is 0 Å². The van der Waals surface area contributed by atoms with Gasteiger partial charge in [-0.3, -0.25) is 4.79 Å². The first kappa shape index (κ1) is 11.6. The molecule has 1 aromatic heterocycles. The minimum Gasteiger partial charge on any atom is -0.460 e. The minimum atomic E-state index is -0.0553. The van der Waals surface area contributed by atoms with E-state index in [0.29, 0.717) is 6.61 Å². The summed E-state index contributed by atoms with van der Waals surface area (Å²) in [6.07, 6.45) is 3.65. The molecule has 2 N–H and O–H groups in total. The van der Waals surface area contributed by atoms with E-state index in [1.807, 2.05) is 17.5 Å². The van der Waals surface area contributed by atoms with Crippen molar-refractivity contribution >= 4 is 17.3 Å². The van der Waals surface area contributed by atoms with E-state index >= 15 is 0 Å². The lowest BCUT2D eigenvalue weighted by atomic mass is 9.86. The molecule has 2 rings (SSSR count). The maximum Gasteiger partial charge on any atom is 0.309 e. The van der Waals surface area contributed by atoms with Gasteiger partial charge in [-0.25, -0.2) is 0 Å². The molecule has 0 atom stereocenters. The smallest absolute Gasteiger partial charge is 0.309 e. The van der Waals surface area contributed by atoms with Crippen LogP contribution in [0.25, 0.3) is 0 Å². The lowest BCUT2D eigenvalue weighted by molar-refractivity contribution is -0.151. The molecule has 1 aliphatic rings.